The zero-order chi connectivity index (χ0) is 43.1. The van der Waals surface area contributed by atoms with Gasteiger partial charge < -0.3 is 57.6 Å². The number of carbonyl (C=O) groups excluding carboxylic acids is 5. The van der Waals surface area contributed by atoms with Gasteiger partial charge in [-0.15, -0.1) is 0 Å². The van der Waals surface area contributed by atoms with Gasteiger partial charge in [-0.05, 0) is 29.9 Å². The Morgan fingerprint density at radius 1 is 0.707 bits per heavy atom. The minimum Gasteiger partial charge on any atom is -0.481 e. The number of carboxylic acid groups (broad SMARTS) is 3. The lowest BCUT2D eigenvalue weighted by Gasteiger charge is -2.30. The van der Waals surface area contributed by atoms with Crippen LogP contribution in [-0.4, -0.2) is 114 Å². The summed E-state index contributed by atoms with van der Waals surface area (Å²) in [5.41, 5.74) is 7.85. The molecule has 3 aromatic rings. The van der Waals surface area contributed by atoms with Crippen molar-refractivity contribution in [1.29, 1.82) is 0 Å². The summed E-state index contributed by atoms with van der Waals surface area (Å²) in [7, 11) is 0. The van der Waals surface area contributed by atoms with Crippen molar-refractivity contribution in [2.45, 2.75) is 109 Å². The van der Waals surface area contributed by atoms with Gasteiger partial charge >= 0.3 is 17.9 Å². The van der Waals surface area contributed by atoms with E-state index in [-0.39, 0.29) is 12.8 Å². The van der Waals surface area contributed by atoms with Crippen molar-refractivity contribution in [3.8, 4) is 0 Å². The lowest BCUT2D eigenvalue weighted by molar-refractivity contribution is -0.142. The predicted octanol–water partition coefficient (Wildman–Crippen LogP) is -0.0562. The molecule has 0 spiro atoms. The van der Waals surface area contributed by atoms with Crippen LogP contribution in [0.25, 0.3) is 10.9 Å². The molecule has 0 aliphatic heterocycles. The highest BCUT2D eigenvalue weighted by atomic mass is 16.4. The van der Waals surface area contributed by atoms with Crippen LogP contribution in [0.1, 0.15) is 71.1 Å². The van der Waals surface area contributed by atoms with Gasteiger partial charge in [0.2, 0.25) is 29.5 Å². The second-order valence-corrected chi connectivity index (χ2v) is 14.2. The maximum atomic E-state index is 13.9. The van der Waals surface area contributed by atoms with Crippen LogP contribution in [0.15, 0.2) is 43.0 Å². The van der Waals surface area contributed by atoms with Gasteiger partial charge in [-0.25, -0.2) is 9.78 Å². The molecule has 0 aliphatic carbocycles. The second kappa shape index (κ2) is 21.8. The SMILES string of the molecule is CC[C@H](C)[C@H](NC(=O)[C@H](CC(=O)O)NC(=O)[C@H](CCC(=O)O)NC(=O)[C@H](N)Cc1c[nH]cn1)C(=O)N[C@H](C(=O)N[C@@H](Cc1c[nH]c2ccccc12)C(=O)O)[C@@H](C)CC. The number of imidazole rings is 1. The number of rotatable bonds is 24. The number of amides is 5. The van der Waals surface area contributed by atoms with E-state index in [4.69, 9.17) is 5.73 Å². The molecule has 3 rings (SSSR count). The number of fused-ring (bicyclic) bond motifs is 1. The van der Waals surface area contributed by atoms with E-state index < -0.39 is 115 Å². The average Bonchev–Trinajstić information content (AvgIpc) is 3.85. The number of aromatic amines is 2. The fourth-order valence-corrected chi connectivity index (χ4v) is 6.07. The molecule has 20 heteroatoms. The molecule has 58 heavy (non-hydrogen) atoms. The summed E-state index contributed by atoms with van der Waals surface area (Å²) in [6.45, 7) is 6.79. The highest BCUT2D eigenvalue weighted by Crippen LogP contribution is 2.20. The normalized spacial score (nSPS) is 15.3. The Morgan fingerprint density at radius 2 is 1.28 bits per heavy atom. The molecular formula is C38H53N9O11. The van der Waals surface area contributed by atoms with Gasteiger partial charge in [-0.1, -0.05) is 58.7 Å². The Bertz CT molecular complexity index is 1920. The van der Waals surface area contributed by atoms with Gasteiger partial charge in [-0.3, -0.25) is 33.6 Å². The highest BCUT2D eigenvalue weighted by Gasteiger charge is 2.36. The Labute approximate surface area is 333 Å². The number of benzene rings is 1. The second-order valence-electron chi connectivity index (χ2n) is 14.2. The average molecular weight is 812 g/mol. The molecule has 1 aromatic carbocycles. The van der Waals surface area contributed by atoms with Gasteiger partial charge in [0.05, 0.1) is 24.5 Å². The number of hydrogen-bond acceptors (Lipinski definition) is 10. The quantitative estimate of drug-likeness (QED) is 0.0566. The fourth-order valence-electron chi connectivity index (χ4n) is 6.07. The first-order chi connectivity index (χ1) is 27.4. The number of carboxylic acids is 3. The summed E-state index contributed by atoms with van der Waals surface area (Å²) in [6, 6.07) is -1.27. The lowest BCUT2D eigenvalue weighted by atomic mass is 9.94. The molecule has 12 N–H and O–H groups in total. The topological polar surface area (TPSA) is 328 Å². The monoisotopic (exact) mass is 811 g/mol. The molecule has 0 saturated heterocycles. The third-order valence-corrected chi connectivity index (χ3v) is 9.91. The summed E-state index contributed by atoms with van der Waals surface area (Å²) in [5, 5.41) is 42.0. The van der Waals surface area contributed by atoms with Gasteiger partial charge in [0.25, 0.3) is 0 Å². The smallest absolute Gasteiger partial charge is 0.326 e. The van der Waals surface area contributed by atoms with Crippen molar-refractivity contribution in [3.05, 3.63) is 54.2 Å². The van der Waals surface area contributed by atoms with Gasteiger partial charge in [-0.2, -0.15) is 0 Å². The number of hydrogen-bond donors (Lipinski definition) is 11. The molecule has 5 amide bonds. The van der Waals surface area contributed by atoms with Gasteiger partial charge in [0.15, 0.2) is 0 Å². The Hall–Kier alpha value is -6.31. The third kappa shape index (κ3) is 13.4. The lowest BCUT2D eigenvalue weighted by Crippen LogP contribution is -2.61. The molecular weight excluding hydrogens is 758 g/mol. The van der Waals surface area contributed by atoms with Crippen LogP contribution in [0.3, 0.4) is 0 Å². The van der Waals surface area contributed by atoms with Crippen molar-refractivity contribution >= 4 is 58.3 Å². The molecule has 0 saturated carbocycles. The van der Waals surface area contributed by atoms with E-state index in [0.717, 1.165) is 10.9 Å². The fraction of sp³-hybridized carbons (Fsp3) is 0.500. The van der Waals surface area contributed by atoms with E-state index in [9.17, 15) is 53.7 Å². The van der Waals surface area contributed by atoms with Crippen molar-refractivity contribution in [3.63, 3.8) is 0 Å². The van der Waals surface area contributed by atoms with E-state index in [1.54, 1.807) is 40.0 Å². The van der Waals surface area contributed by atoms with Crippen LogP contribution >= 0.6 is 0 Å². The zero-order valence-electron chi connectivity index (χ0n) is 32.7. The number of nitrogens with two attached hydrogens (primary N) is 1. The summed E-state index contributed by atoms with van der Waals surface area (Å²) in [6.07, 6.45) is 3.17. The number of nitrogens with zero attached hydrogens (tertiary/aromatic N) is 1. The van der Waals surface area contributed by atoms with Gasteiger partial charge in [0, 0.05) is 42.6 Å². The van der Waals surface area contributed by atoms with E-state index in [2.05, 4.69) is 41.5 Å². The summed E-state index contributed by atoms with van der Waals surface area (Å²) < 4.78 is 0. The maximum absolute atomic E-state index is 13.9. The Balaban J connectivity index is 1.79. The highest BCUT2D eigenvalue weighted by molar-refractivity contribution is 5.98. The van der Waals surface area contributed by atoms with Gasteiger partial charge in [0.1, 0.15) is 30.2 Å². The van der Waals surface area contributed by atoms with Crippen LogP contribution in [-0.2, 0) is 51.2 Å². The molecule has 20 nitrogen and oxygen atoms in total. The van der Waals surface area contributed by atoms with Crippen molar-refractivity contribution in [1.82, 2.24) is 41.5 Å². The number of aliphatic carboxylic acids is 3. The Kier molecular flexibility index (Phi) is 17.4. The predicted molar refractivity (Wildman–Crippen MR) is 208 cm³/mol. The third-order valence-electron chi connectivity index (χ3n) is 9.91. The van der Waals surface area contributed by atoms with Crippen LogP contribution in [0.4, 0.5) is 0 Å². The molecule has 2 heterocycles. The molecule has 0 fully saturated rings. The first kappa shape index (κ1) is 46.1. The molecule has 0 aliphatic rings. The van der Waals surface area contributed by atoms with E-state index >= 15 is 0 Å². The van der Waals surface area contributed by atoms with Crippen LogP contribution in [0, 0.1) is 11.8 Å². The molecule has 2 aromatic heterocycles. The standard InChI is InChI=1S/C38H53N9O11/c1-5-19(3)31(36(55)45-28(38(57)58)13-21-16-41-25-10-8-7-9-23(21)25)47-37(56)32(20(4)6-2)46-35(54)27(15-30(50)51)44-34(53)26(11-12-29(48)49)43-33(52)24(39)14-22-17-40-18-42-22/h7-10,16-20,24,26-28,31-32,41H,5-6,11-15,39H2,1-4H3,(H,40,42)(H,43,52)(H,44,53)(H,45,55)(H,46,54)(H,47,56)(H,48,49)(H,50,51)(H,57,58)/t19-,20-,24+,26-,27-,28-,31-,32-/m0/s1. The van der Waals surface area contributed by atoms with E-state index in [0.29, 0.717) is 24.1 Å². The summed E-state index contributed by atoms with van der Waals surface area (Å²) in [4.78, 5) is 113. The first-order valence-electron chi connectivity index (χ1n) is 18.9. The minimum atomic E-state index is -1.80. The van der Waals surface area contributed by atoms with Crippen LogP contribution in [0.5, 0.6) is 0 Å². The largest absolute Gasteiger partial charge is 0.481 e. The van der Waals surface area contributed by atoms with Crippen molar-refractivity contribution in [2.75, 3.05) is 0 Å². The molecule has 0 radical (unpaired) electrons. The number of aromatic nitrogens is 3. The van der Waals surface area contributed by atoms with Crippen molar-refractivity contribution < 1.29 is 53.7 Å². The molecule has 0 unspecified atom stereocenters. The minimum absolute atomic E-state index is 0.0313. The van der Waals surface area contributed by atoms with E-state index in [1.807, 2.05) is 18.2 Å². The summed E-state index contributed by atoms with van der Waals surface area (Å²) >= 11 is 0. The molecule has 8 atom stereocenters. The zero-order valence-corrected chi connectivity index (χ0v) is 32.7. The first-order valence-corrected chi connectivity index (χ1v) is 18.9. The number of carbonyl (C=O) groups is 8. The number of para-hydroxylation sites is 1. The van der Waals surface area contributed by atoms with E-state index in [1.165, 1.54) is 12.5 Å². The van der Waals surface area contributed by atoms with Crippen LogP contribution in [0.2, 0.25) is 0 Å². The Morgan fingerprint density at radius 3 is 1.84 bits per heavy atom. The number of H-pyrrole nitrogens is 2. The molecule has 0 bridgehead atoms. The van der Waals surface area contributed by atoms with Crippen LogP contribution < -0.4 is 32.3 Å². The summed E-state index contributed by atoms with van der Waals surface area (Å²) in [5.74, 6) is -9.84. The molecule has 316 valence electrons. The maximum Gasteiger partial charge on any atom is 0.326 e. The van der Waals surface area contributed by atoms with Crippen molar-refractivity contribution in [2.24, 2.45) is 17.6 Å². The number of nitrogens with one attached hydrogen (secondary N) is 7.